The minimum Gasteiger partial charge on any atom is -0.260 e. The van der Waals surface area contributed by atoms with Gasteiger partial charge in [0.15, 0.2) is 0 Å². The molecule has 0 N–H and O–H groups in total. The molecule has 0 amide bonds. The van der Waals surface area contributed by atoms with Crippen molar-refractivity contribution in [2.75, 3.05) is 40.0 Å². The Bertz CT molecular complexity index is 238. The topological polar surface area (TPSA) is 24.7 Å². The molecule has 0 heterocycles. The van der Waals surface area contributed by atoms with Crippen LogP contribution >= 0.6 is 25.7 Å². The quantitative estimate of drug-likeness (QED) is 0.396. The van der Waals surface area contributed by atoms with Crippen LogP contribution in [-0.2, 0) is 0 Å². The van der Waals surface area contributed by atoms with Gasteiger partial charge >= 0.3 is 0 Å². The molecule has 0 bridgehead atoms. The zero-order valence-corrected chi connectivity index (χ0v) is 12.2. The van der Waals surface area contributed by atoms with Crippen LogP contribution in [0.3, 0.4) is 0 Å². The van der Waals surface area contributed by atoms with Gasteiger partial charge in [-0.15, -0.1) is 0 Å². The van der Waals surface area contributed by atoms with E-state index in [0.29, 0.717) is 0 Å². The fourth-order valence-electron chi connectivity index (χ4n) is 1.12. The first-order valence-corrected chi connectivity index (χ1v) is 10.8. The SMILES string of the molecule is CC(Cl)(N=P(C)(C)C)N=P(C)(C)C. The second-order valence-corrected chi connectivity index (χ2v) is 13.9. The highest BCUT2D eigenvalue weighted by Gasteiger charge is 2.19. The van der Waals surface area contributed by atoms with Gasteiger partial charge in [-0.3, -0.25) is 9.49 Å². The van der Waals surface area contributed by atoms with E-state index in [1.165, 1.54) is 0 Å². The number of rotatable bonds is 2. The molecule has 0 aliphatic rings. The van der Waals surface area contributed by atoms with E-state index < -0.39 is 19.2 Å². The third kappa shape index (κ3) is 9.06. The molecule has 0 fully saturated rings. The molecule has 0 aromatic heterocycles. The fourth-order valence-corrected chi connectivity index (χ4v) is 4.83. The van der Waals surface area contributed by atoms with Gasteiger partial charge in [0, 0.05) is 0 Å². The van der Waals surface area contributed by atoms with Crippen molar-refractivity contribution in [3.05, 3.63) is 0 Å². The number of alkyl halides is 1. The van der Waals surface area contributed by atoms with Gasteiger partial charge in [0.25, 0.3) is 0 Å². The van der Waals surface area contributed by atoms with Gasteiger partial charge in [0.2, 0.25) is 5.12 Å². The zero-order chi connectivity index (χ0) is 10.9. The normalized spacial score (nSPS) is 14.2. The van der Waals surface area contributed by atoms with Crippen LogP contribution < -0.4 is 0 Å². The minimum absolute atomic E-state index is 0.710. The predicted octanol–water partition coefficient (Wildman–Crippen LogP) is 4.08. The molecule has 0 aliphatic carbocycles. The molecule has 13 heavy (non-hydrogen) atoms. The number of halogens is 1. The van der Waals surface area contributed by atoms with Crippen LogP contribution in [0.2, 0.25) is 0 Å². The Kier molecular flexibility index (Phi) is 4.32. The summed E-state index contributed by atoms with van der Waals surface area (Å²) in [6.07, 6.45) is 0. The van der Waals surface area contributed by atoms with E-state index in [-0.39, 0.29) is 0 Å². The molecular weight excluding hydrogens is 222 g/mol. The second-order valence-electron chi connectivity index (χ2n) is 4.99. The van der Waals surface area contributed by atoms with Crippen molar-refractivity contribution in [2.45, 2.75) is 12.0 Å². The van der Waals surface area contributed by atoms with Gasteiger partial charge in [-0.2, -0.15) is 0 Å². The molecule has 0 atom stereocenters. The van der Waals surface area contributed by atoms with Crippen LogP contribution in [-0.4, -0.2) is 45.1 Å². The van der Waals surface area contributed by atoms with Crippen LogP contribution in [0, 0.1) is 0 Å². The van der Waals surface area contributed by atoms with Crippen LogP contribution in [0.15, 0.2) is 9.49 Å². The lowest BCUT2D eigenvalue weighted by atomic mass is 10.6. The summed E-state index contributed by atoms with van der Waals surface area (Å²) in [4.78, 5) is 0. The minimum atomic E-state index is -1.21. The number of nitrogens with zero attached hydrogens (tertiary/aromatic N) is 2. The molecule has 0 radical (unpaired) electrons. The van der Waals surface area contributed by atoms with Crippen molar-refractivity contribution in [1.29, 1.82) is 0 Å². The van der Waals surface area contributed by atoms with Crippen LogP contribution in [0.1, 0.15) is 6.92 Å². The Morgan fingerprint density at radius 3 is 1.23 bits per heavy atom. The van der Waals surface area contributed by atoms with Gasteiger partial charge in [-0.1, -0.05) is 11.6 Å². The van der Waals surface area contributed by atoms with Gasteiger partial charge < -0.3 is 0 Å². The first-order chi connectivity index (χ1) is 5.41. The fraction of sp³-hybridized carbons (Fsp3) is 1.00. The lowest BCUT2D eigenvalue weighted by molar-refractivity contribution is 0.725. The smallest absolute Gasteiger partial charge is 0.219 e. The summed E-state index contributed by atoms with van der Waals surface area (Å²) in [6, 6.07) is 0. The standard InChI is InChI=1S/C8H21ClN2P2/c1-8(9,10-12(2,3)4)11-13(5,6)7/h1-7H3. The van der Waals surface area contributed by atoms with Gasteiger partial charge in [0.1, 0.15) is 0 Å². The van der Waals surface area contributed by atoms with Crippen LogP contribution in [0.5, 0.6) is 0 Å². The average molecular weight is 243 g/mol. The Morgan fingerprint density at radius 1 is 0.846 bits per heavy atom. The van der Waals surface area contributed by atoms with Gasteiger partial charge in [-0.25, -0.2) is 0 Å². The van der Waals surface area contributed by atoms with E-state index in [0.717, 1.165) is 0 Å². The molecule has 0 aromatic rings. The molecule has 5 heteroatoms. The highest BCUT2D eigenvalue weighted by Crippen LogP contribution is 2.46. The first kappa shape index (κ1) is 13.8. The first-order valence-electron chi connectivity index (χ1n) is 4.22. The highest BCUT2D eigenvalue weighted by atomic mass is 35.5. The lowest BCUT2D eigenvalue weighted by Crippen LogP contribution is -2.08. The third-order valence-corrected chi connectivity index (χ3v) is 3.35. The van der Waals surface area contributed by atoms with Crippen molar-refractivity contribution in [3.63, 3.8) is 0 Å². The largest absolute Gasteiger partial charge is 0.260 e. The molecule has 0 aromatic carbocycles. The maximum absolute atomic E-state index is 6.23. The van der Waals surface area contributed by atoms with E-state index in [1.54, 1.807) is 0 Å². The zero-order valence-electron chi connectivity index (χ0n) is 9.67. The van der Waals surface area contributed by atoms with Crippen molar-refractivity contribution in [3.8, 4) is 0 Å². The number of hydrogen-bond donors (Lipinski definition) is 0. The molecule has 0 aliphatic heterocycles. The summed E-state index contributed by atoms with van der Waals surface area (Å²) in [7, 11) is -2.41. The Labute approximate surface area is 87.6 Å². The van der Waals surface area contributed by atoms with Gasteiger partial charge in [-0.05, 0) is 61.0 Å². The van der Waals surface area contributed by atoms with E-state index >= 15 is 0 Å². The maximum atomic E-state index is 6.23. The molecular formula is C8H21ClN2P2. The Morgan fingerprint density at radius 2 is 1.08 bits per heavy atom. The number of hydrogen-bond acceptors (Lipinski definition) is 2. The maximum Gasteiger partial charge on any atom is 0.219 e. The van der Waals surface area contributed by atoms with E-state index in [9.17, 15) is 0 Å². The summed E-state index contributed by atoms with van der Waals surface area (Å²) >= 11 is 6.23. The lowest BCUT2D eigenvalue weighted by Gasteiger charge is -2.21. The summed E-state index contributed by atoms with van der Waals surface area (Å²) in [5, 5.41) is -0.710. The molecule has 0 unspecified atom stereocenters. The van der Waals surface area contributed by atoms with E-state index in [1.807, 2.05) is 6.92 Å². The Balaban J connectivity index is 5.04. The van der Waals surface area contributed by atoms with Crippen molar-refractivity contribution < 1.29 is 0 Å². The molecule has 0 saturated carbocycles. The van der Waals surface area contributed by atoms with E-state index in [2.05, 4.69) is 49.5 Å². The molecule has 2 nitrogen and oxygen atoms in total. The van der Waals surface area contributed by atoms with Gasteiger partial charge in [0.05, 0.1) is 0 Å². The summed E-state index contributed by atoms with van der Waals surface area (Å²) in [5.74, 6) is 0. The monoisotopic (exact) mass is 242 g/mol. The average Bonchev–Trinajstić information content (AvgIpc) is 1.43. The van der Waals surface area contributed by atoms with E-state index in [4.69, 9.17) is 11.6 Å². The van der Waals surface area contributed by atoms with Crippen molar-refractivity contribution in [2.24, 2.45) is 9.49 Å². The van der Waals surface area contributed by atoms with Crippen LogP contribution in [0.25, 0.3) is 0 Å². The van der Waals surface area contributed by atoms with Crippen molar-refractivity contribution >= 4 is 25.7 Å². The molecule has 80 valence electrons. The predicted molar refractivity (Wildman–Crippen MR) is 68.5 cm³/mol. The Hall–Kier alpha value is 0.750. The summed E-state index contributed by atoms with van der Waals surface area (Å²) in [6.45, 7) is 14.7. The van der Waals surface area contributed by atoms with Crippen molar-refractivity contribution in [1.82, 2.24) is 0 Å². The second kappa shape index (κ2) is 4.09. The third-order valence-electron chi connectivity index (χ3n) is 0.965. The molecule has 0 rings (SSSR count). The van der Waals surface area contributed by atoms with Crippen LogP contribution in [0.4, 0.5) is 0 Å². The molecule has 0 saturated heterocycles. The highest BCUT2D eigenvalue weighted by molar-refractivity contribution is 7.64. The summed E-state index contributed by atoms with van der Waals surface area (Å²) < 4.78 is 9.13. The molecule has 0 spiro atoms. The summed E-state index contributed by atoms with van der Waals surface area (Å²) in [5.41, 5.74) is 0.